The molecule has 1 heterocycles. The van der Waals surface area contributed by atoms with Crippen LogP contribution in [0.5, 0.6) is 11.5 Å². The summed E-state index contributed by atoms with van der Waals surface area (Å²) in [5.74, 6) is 0.264. The lowest BCUT2D eigenvalue weighted by atomic mass is 10.1. The predicted octanol–water partition coefficient (Wildman–Crippen LogP) is 3.88. The topological polar surface area (TPSA) is 52.6 Å². The minimum absolute atomic E-state index is 0.206. The number of ketones is 1. The lowest BCUT2D eigenvalue weighted by Gasteiger charge is -2.02. The summed E-state index contributed by atoms with van der Waals surface area (Å²) >= 11 is 5.92. The van der Waals surface area contributed by atoms with Gasteiger partial charge in [-0.3, -0.25) is 9.59 Å². The first-order valence-electron chi connectivity index (χ1n) is 6.55. The van der Waals surface area contributed by atoms with E-state index >= 15 is 0 Å². The summed E-state index contributed by atoms with van der Waals surface area (Å²) in [6, 6.07) is 11.8. The average molecular weight is 315 g/mol. The molecule has 0 aliphatic carbocycles. The van der Waals surface area contributed by atoms with E-state index in [0.717, 1.165) is 5.56 Å². The van der Waals surface area contributed by atoms with E-state index in [1.807, 2.05) is 6.07 Å². The number of esters is 1. The van der Waals surface area contributed by atoms with Gasteiger partial charge in [0.25, 0.3) is 0 Å². The Morgan fingerprint density at radius 1 is 1.23 bits per heavy atom. The molecule has 0 aromatic heterocycles. The second kappa shape index (κ2) is 5.66. The molecule has 4 nitrogen and oxygen atoms in total. The van der Waals surface area contributed by atoms with E-state index in [9.17, 15) is 9.59 Å². The zero-order valence-electron chi connectivity index (χ0n) is 11.6. The van der Waals surface area contributed by atoms with Gasteiger partial charge in [-0.2, -0.15) is 0 Å². The standard InChI is InChI=1S/C17H11ClO4/c1-10(19)21-13-5-6-14-15(9-13)22-16(17(14)20)8-11-3-2-4-12(18)7-11/h2-9H,1H3/b16-8+. The largest absolute Gasteiger partial charge is 0.452 e. The van der Waals surface area contributed by atoms with Crippen molar-refractivity contribution in [1.82, 2.24) is 0 Å². The van der Waals surface area contributed by atoms with Gasteiger partial charge in [0, 0.05) is 18.0 Å². The lowest BCUT2D eigenvalue weighted by molar-refractivity contribution is -0.131. The van der Waals surface area contributed by atoms with Crippen LogP contribution in [0.25, 0.3) is 6.08 Å². The molecule has 5 heteroatoms. The Labute approximate surface area is 131 Å². The van der Waals surface area contributed by atoms with Crippen molar-refractivity contribution < 1.29 is 19.1 Å². The van der Waals surface area contributed by atoms with Crippen LogP contribution in [0.1, 0.15) is 22.8 Å². The molecular weight excluding hydrogens is 304 g/mol. The highest BCUT2D eigenvalue weighted by molar-refractivity contribution is 6.30. The Bertz CT molecular complexity index is 808. The smallest absolute Gasteiger partial charge is 0.308 e. The van der Waals surface area contributed by atoms with Crippen LogP contribution in [0.2, 0.25) is 5.02 Å². The number of carbonyl (C=O) groups is 2. The second-order valence-electron chi connectivity index (χ2n) is 4.75. The molecule has 0 amide bonds. The zero-order chi connectivity index (χ0) is 15.7. The normalized spacial score (nSPS) is 14.6. The number of hydrogen-bond acceptors (Lipinski definition) is 4. The van der Waals surface area contributed by atoms with Gasteiger partial charge in [0.15, 0.2) is 5.76 Å². The number of hydrogen-bond donors (Lipinski definition) is 0. The van der Waals surface area contributed by atoms with Gasteiger partial charge in [0.2, 0.25) is 5.78 Å². The van der Waals surface area contributed by atoms with E-state index in [4.69, 9.17) is 21.1 Å². The van der Waals surface area contributed by atoms with Crippen LogP contribution >= 0.6 is 11.6 Å². The molecule has 0 unspecified atom stereocenters. The van der Waals surface area contributed by atoms with E-state index in [0.29, 0.717) is 22.1 Å². The van der Waals surface area contributed by atoms with Crippen LogP contribution in [-0.4, -0.2) is 11.8 Å². The molecule has 1 aliphatic heterocycles. The van der Waals surface area contributed by atoms with Crippen molar-refractivity contribution in [2.75, 3.05) is 0 Å². The van der Waals surface area contributed by atoms with Crippen molar-refractivity contribution >= 4 is 29.4 Å². The number of carbonyl (C=O) groups excluding carboxylic acids is 2. The molecule has 110 valence electrons. The Morgan fingerprint density at radius 2 is 2.05 bits per heavy atom. The van der Waals surface area contributed by atoms with E-state index in [-0.39, 0.29) is 11.5 Å². The fourth-order valence-corrected chi connectivity index (χ4v) is 2.34. The number of halogens is 1. The second-order valence-corrected chi connectivity index (χ2v) is 5.18. The van der Waals surface area contributed by atoms with E-state index < -0.39 is 5.97 Å². The molecule has 0 N–H and O–H groups in total. The molecule has 2 aromatic rings. The van der Waals surface area contributed by atoms with Gasteiger partial charge in [-0.1, -0.05) is 23.7 Å². The number of rotatable bonds is 2. The Balaban J connectivity index is 1.92. The predicted molar refractivity (Wildman–Crippen MR) is 82.1 cm³/mol. The summed E-state index contributed by atoms with van der Waals surface area (Å²) in [5, 5.41) is 0.578. The molecule has 0 saturated carbocycles. The van der Waals surface area contributed by atoms with Crippen LogP contribution in [0.15, 0.2) is 48.2 Å². The Morgan fingerprint density at radius 3 is 2.77 bits per heavy atom. The van der Waals surface area contributed by atoms with Gasteiger partial charge < -0.3 is 9.47 Å². The van der Waals surface area contributed by atoms with Gasteiger partial charge in [0.1, 0.15) is 11.5 Å². The van der Waals surface area contributed by atoms with Crippen molar-refractivity contribution in [2.24, 2.45) is 0 Å². The van der Waals surface area contributed by atoms with Gasteiger partial charge in [-0.15, -0.1) is 0 Å². The molecule has 2 aromatic carbocycles. The van der Waals surface area contributed by atoms with Crippen molar-refractivity contribution in [3.05, 3.63) is 64.4 Å². The Kier molecular flexibility index (Phi) is 3.69. The third-order valence-electron chi connectivity index (χ3n) is 3.05. The van der Waals surface area contributed by atoms with Crippen LogP contribution in [0, 0.1) is 0 Å². The molecule has 0 radical (unpaired) electrons. The third-order valence-corrected chi connectivity index (χ3v) is 3.28. The number of ether oxygens (including phenoxy) is 2. The quantitative estimate of drug-likeness (QED) is 0.479. The fourth-order valence-electron chi connectivity index (χ4n) is 2.14. The molecule has 3 rings (SSSR count). The number of benzene rings is 2. The molecule has 0 bridgehead atoms. The summed E-state index contributed by atoms with van der Waals surface area (Å²) in [6.45, 7) is 1.31. The first-order chi connectivity index (χ1) is 10.5. The summed E-state index contributed by atoms with van der Waals surface area (Å²) in [5.41, 5.74) is 1.20. The maximum absolute atomic E-state index is 12.3. The highest BCUT2D eigenvalue weighted by Gasteiger charge is 2.27. The lowest BCUT2D eigenvalue weighted by Crippen LogP contribution is -2.01. The molecule has 0 spiro atoms. The highest BCUT2D eigenvalue weighted by atomic mass is 35.5. The van der Waals surface area contributed by atoms with Crippen LogP contribution in [0.4, 0.5) is 0 Å². The van der Waals surface area contributed by atoms with Crippen molar-refractivity contribution in [1.29, 1.82) is 0 Å². The summed E-state index contributed by atoms with van der Waals surface area (Å²) in [6.07, 6.45) is 1.62. The van der Waals surface area contributed by atoms with Crippen molar-refractivity contribution in [3.8, 4) is 11.5 Å². The van der Waals surface area contributed by atoms with Gasteiger partial charge >= 0.3 is 5.97 Å². The highest BCUT2D eigenvalue weighted by Crippen LogP contribution is 2.35. The SMILES string of the molecule is CC(=O)Oc1ccc2c(c1)O/C(=C/c1cccc(Cl)c1)C2=O. The van der Waals surface area contributed by atoms with Crippen molar-refractivity contribution in [3.63, 3.8) is 0 Å². The number of allylic oxidation sites excluding steroid dienone is 1. The van der Waals surface area contributed by atoms with Crippen LogP contribution in [0.3, 0.4) is 0 Å². The maximum Gasteiger partial charge on any atom is 0.308 e. The Hall–Kier alpha value is -2.59. The monoisotopic (exact) mass is 314 g/mol. The molecule has 1 aliphatic rings. The van der Waals surface area contributed by atoms with Gasteiger partial charge in [0.05, 0.1) is 5.56 Å². The molecule has 0 fully saturated rings. The van der Waals surface area contributed by atoms with Crippen LogP contribution in [-0.2, 0) is 4.79 Å². The number of Topliss-reactive ketones (excluding diaryl/α,β-unsaturated/α-hetero) is 1. The number of fused-ring (bicyclic) bond motifs is 1. The molecule has 0 saturated heterocycles. The first-order valence-corrected chi connectivity index (χ1v) is 6.93. The van der Waals surface area contributed by atoms with E-state index in [2.05, 4.69) is 0 Å². The average Bonchev–Trinajstić information content (AvgIpc) is 2.74. The maximum atomic E-state index is 12.3. The van der Waals surface area contributed by atoms with Gasteiger partial charge in [-0.25, -0.2) is 0 Å². The molecular formula is C17H11ClO4. The fraction of sp³-hybridized carbons (Fsp3) is 0.0588. The summed E-state index contributed by atoms with van der Waals surface area (Å²) in [7, 11) is 0. The van der Waals surface area contributed by atoms with Crippen LogP contribution < -0.4 is 9.47 Å². The summed E-state index contributed by atoms with van der Waals surface area (Å²) in [4.78, 5) is 23.2. The zero-order valence-corrected chi connectivity index (χ0v) is 12.4. The first kappa shape index (κ1) is 14.4. The third kappa shape index (κ3) is 2.87. The molecule has 0 atom stereocenters. The minimum Gasteiger partial charge on any atom is -0.452 e. The van der Waals surface area contributed by atoms with Gasteiger partial charge in [-0.05, 0) is 35.9 Å². The summed E-state index contributed by atoms with van der Waals surface area (Å²) < 4.78 is 10.5. The minimum atomic E-state index is -0.432. The van der Waals surface area contributed by atoms with E-state index in [1.54, 1.807) is 36.4 Å². The molecule has 22 heavy (non-hydrogen) atoms. The van der Waals surface area contributed by atoms with E-state index in [1.165, 1.54) is 13.0 Å². The van der Waals surface area contributed by atoms with Crippen molar-refractivity contribution in [2.45, 2.75) is 6.92 Å².